The first-order chi connectivity index (χ1) is 16.5. The van der Waals surface area contributed by atoms with Crippen molar-refractivity contribution in [2.45, 2.75) is 57.6 Å². The van der Waals surface area contributed by atoms with Crippen LogP contribution in [0.2, 0.25) is 28.2 Å². The second-order valence-corrected chi connectivity index (χ2v) is 15.5. The Morgan fingerprint density at radius 2 is 1.72 bits per heavy atom. The number of rotatable bonds is 10. The first kappa shape index (κ1) is 30.3. The van der Waals surface area contributed by atoms with Gasteiger partial charge in [0.25, 0.3) is 5.91 Å². The molecule has 1 unspecified atom stereocenters. The number of hydrogen-bond acceptors (Lipinski definition) is 4. The summed E-state index contributed by atoms with van der Waals surface area (Å²) in [5, 5.41) is 3.63. The van der Waals surface area contributed by atoms with Crippen LogP contribution in [0.1, 0.15) is 49.0 Å². The molecular formula is C25H32Cl2F3NO4Si. The topological polar surface area (TPSA) is 56.8 Å². The molecule has 0 heterocycles. The second kappa shape index (κ2) is 12.1. The van der Waals surface area contributed by atoms with E-state index in [0.717, 1.165) is 17.7 Å². The van der Waals surface area contributed by atoms with Gasteiger partial charge in [0.1, 0.15) is 11.5 Å². The van der Waals surface area contributed by atoms with E-state index in [1.54, 1.807) is 12.1 Å². The zero-order valence-electron chi connectivity index (χ0n) is 21.2. The third-order valence-corrected chi connectivity index (χ3v) is 11.6. The predicted molar refractivity (Wildman–Crippen MR) is 139 cm³/mol. The Bertz CT molecular complexity index is 1060. The highest BCUT2D eigenvalue weighted by molar-refractivity contribution is 6.74. The standard InChI is InChI=1S/C25H32Cl2F3NO4Si/c1-24(2,3)36(5,6)34-12-11-17(16-7-9-20(26)21(27)13-16)15-31-23(32)19-14-18(35-25(28,29)30)8-10-22(19)33-4/h7-10,13-14,17H,11-12,15H2,1-6H3,(H,31,32). The summed E-state index contributed by atoms with van der Waals surface area (Å²) in [7, 11) is -0.659. The SMILES string of the molecule is COc1ccc(OC(F)(F)F)cc1C(=O)NCC(CCO[Si](C)(C)C(C)(C)C)c1ccc(Cl)c(Cl)c1. The molecule has 11 heteroatoms. The summed E-state index contributed by atoms with van der Waals surface area (Å²) in [6.45, 7) is 11.4. The van der Waals surface area contributed by atoms with E-state index in [9.17, 15) is 18.0 Å². The van der Waals surface area contributed by atoms with E-state index in [-0.39, 0.29) is 28.8 Å². The zero-order valence-corrected chi connectivity index (χ0v) is 23.7. The minimum absolute atomic E-state index is 0.0420. The zero-order chi connectivity index (χ0) is 27.3. The lowest BCUT2D eigenvalue weighted by atomic mass is 9.96. The smallest absolute Gasteiger partial charge is 0.496 e. The van der Waals surface area contributed by atoms with Crippen molar-refractivity contribution < 1.29 is 31.9 Å². The quantitative estimate of drug-likeness (QED) is 0.298. The van der Waals surface area contributed by atoms with Crippen molar-refractivity contribution in [1.29, 1.82) is 0 Å². The van der Waals surface area contributed by atoms with Crippen LogP contribution in [0.4, 0.5) is 13.2 Å². The molecule has 1 N–H and O–H groups in total. The third-order valence-electron chi connectivity index (χ3n) is 6.31. The first-order valence-corrected chi connectivity index (χ1v) is 15.0. The number of halogens is 5. The van der Waals surface area contributed by atoms with Gasteiger partial charge in [-0.2, -0.15) is 0 Å². The highest BCUT2D eigenvalue weighted by Gasteiger charge is 2.37. The van der Waals surface area contributed by atoms with Crippen LogP contribution in [0.5, 0.6) is 11.5 Å². The molecule has 0 saturated heterocycles. The monoisotopic (exact) mass is 565 g/mol. The minimum Gasteiger partial charge on any atom is -0.496 e. The summed E-state index contributed by atoms with van der Waals surface area (Å²) < 4.78 is 53.4. The Labute approximate surface area is 221 Å². The molecule has 1 atom stereocenters. The molecule has 0 fully saturated rings. The van der Waals surface area contributed by atoms with Gasteiger partial charge in [-0.1, -0.05) is 50.0 Å². The number of carbonyl (C=O) groups excluding carboxylic acids is 1. The number of nitrogens with one attached hydrogen (secondary N) is 1. The van der Waals surface area contributed by atoms with Crippen molar-refractivity contribution in [2.24, 2.45) is 0 Å². The Morgan fingerprint density at radius 3 is 2.28 bits per heavy atom. The Kier molecular flexibility index (Phi) is 10.2. The highest BCUT2D eigenvalue weighted by atomic mass is 35.5. The maximum Gasteiger partial charge on any atom is 0.573 e. The van der Waals surface area contributed by atoms with Crippen LogP contribution in [0.15, 0.2) is 36.4 Å². The van der Waals surface area contributed by atoms with Gasteiger partial charge in [0.05, 0.1) is 22.7 Å². The molecule has 0 radical (unpaired) electrons. The lowest BCUT2D eigenvalue weighted by Crippen LogP contribution is -2.41. The molecule has 0 aromatic heterocycles. The van der Waals surface area contributed by atoms with Gasteiger partial charge in [-0.3, -0.25) is 4.79 Å². The van der Waals surface area contributed by atoms with Crippen LogP contribution in [0.25, 0.3) is 0 Å². The summed E-state index contributed by atoms with van der Waals surface area (Å²) in [6.07, 6.45) is -4.30. The maximum absolute atomic E-state index is 13.0. The van der Waals surface area contributed by atoms with Crippen molar-refractivity contribution in [3.8, 4) is 11.5 Å². The number of methoxy groups -OCH3 is 1. The van der Waals surface area contributed by atoms with E-state index in [1.165, 1.54) is 13.2 Å². The van der Waals surface area contributed by atoms with Crippen molar-refractivity contribution in [1.82, 2.24) is 5.32 Å². The van der Waals surface area contributed by atoms with Gasteiger partial charge in [-0.15, -0.1) is 13.2 Å². The predicted octanol–water partition coefficient (Wildman–Crippen LogP) is 7.83. The Morgan fingerprint density at radius 1 is 1.06 bits per heavy atom. The van der Waals surface area contributed by atoms with E-state index in [1.807, 2.05) is 6.07 Å². The fraction of sp³-hybridized carbons (Fsp3) is 0.480. The van der Waals surface area contributed by atoms with Gasteiger partial charge in [-0.25, -0.2) is 0 Å². The van der Waals surface area contributed by atoms with Gasteiger partial charge in [0, 0.05) is 19.1 Å². The molecule has 0 spiro atoms. The van der Waals surface area contributed by atoms with Crippen LogP contribution in [0, 0.1) is 0 Å². The summed E-state index contributed by atoms with van der Waals surface area (Å²) in [5.74, 6) is -1.18. The largest absolute Gasteiger partial charge is 0.573 e. The number of ether oxygens (including phenoxy) is 2. The van der Waals surface area contributed by atoms with Gasteiger partial charge < -0.3 is 19.2 Å². The van der Waals surface area contributed by atoms with Crippen molar-refractivity contribution in [2.75, 3.05) is 20.3 Å². The molecule has 2 aromatic carbocycles. The Hall–Kier alpha value is -1.94. The molecule has 36 heavy (non-hydrogen) atoms. The van der Waals surface area contributed by atoms with Gasteiger partial charge >= 0.3 is 6.36 Å². The normalized spacial score (nSPS) is 13.3. The minimum atomic E-state index is -4.88. The average Bonchev–Trinajstić information content (AvgIpc) is 2.75. The van der Waals surface area contributed by atoms with Crippen LogP contribution in [-0.4, -0.2) is 40.8 Å². The van der Waals surface area contributed by atoms with Crippen molar-refractivity contribution in [3.05, 3.63) is 57.6 Å². The molecule has 2 rings (SSSR count). The lowest BCUT2D eigenvalue weighted by molar-refractivity contribution is -0.274. The van der Waals surface area contributed by atoms with Crippen molar-refractivity contribution >= 4 is 37.4 Å². The average molecular weight is 567 g/mol. The molecule has 5 nitrogen and oxygen atoms in total. The van der Waals surface area contributed by atoms with E-state index in [2.05, 4.69) is 43.9 Å². The number of carbonyl (C=O) groups is 1. The number of hydrogen-bond donors (Lipinski definition) is 1. The fourth-order valence-corrected chi connectivity index (χ4v) is 4.57. The molecule has 0 saturated carbocycles. The van der Waals surface area contributed by atoms with Crippen LogP contribution >= 0.6 is 23.2 Å². The van der Waals surface area contributed by atoms with Gasteiger partial charge in [0.15, 0.2) is 8.32 Å². The van der Waals surface area contributed by atoms with Crippen LogP contribution < -0.4 is 14.8 Å². The summed E-state index contributed by atoms with van der Waals surface area (Å²) in [6, 6.07) is 8.58. The van der Waals surface area contributed by atoms with E-state index < -0.39 is 26.3 Å². The number of alkyl halides is 3. The first-order valence-electron chi connectivity index (χ1n) is 11.3. The van der Waals surface area contributed by atoms with E-state index in [0.29, 0.717) is 23.1 Å². The van der Waals surface area contributed by atoms with Gasteiger partial charge in [-0.05, 0) is 60.4 Å². The van der Waals surface area contributed by atoms with Crippen LogP contribution in [-0.2, 0) is 4.43 Å². The highest BCUT2D eigenvalue weighted by Crippen LogP contribution is 2.37. The molecule has 0 aliphatic heterocycles. The summed E-state index contributed by atoms with van der Waals surface area (Å²) in [4.78, 5) is 13.0. The van der Waals surface area contributed by atoms with E-state index in [4.69, 9.17) is 32.4 Å². The molecule has 0 aliphatic rings. The lowest BCUT2D eigenvalue weighted by Gasteiger charge is -2.36. The number of benzene rings is 2. The third kappa shape index (κ3) is 8.57. The fourth-order valence-electron chi connectivity index (χ4n) is 3.20. The van der Waals surface area contributed by atoms with E-state index >= 15 is 0 Å². The molecular weight excluding hydrogens is 534 g/mol. The molecule has 0 aliphatic carbocycles. The molecule has 2 aromatic rings. The molecule has 1 amide bonds. The summed E-state index contributed by atoms with van der Waals surface area (Å²) in [5.41, 5.74) is 0.773. The second-order valence-electron chi connectivity index (χ2n) is 9.89. The molecule has 0 bridgehead atoms. The number of amides is 1. The molecule has 200 valence electrons. The Balaban J connectivity index is 2.22. The summed E-state index contributed by atoms with van der Waals surface area (Å²) >= 11 is 12.3. The van der Waals surface area contributed by atoms with Gasteiger partial charge in [0.2, 0.25) is 0 Å². The van der Waals surface area contributed by atoms with Crippen LogP contribution in [0.3, 0.4) is 0 Å². The van der Waals surface area contributed by atoms with Crippen molar-refractivity contribution in [3.63, 3.8) is 0 Å². The maximum atomic E-state index is 13.0.